The highest BCUT2D eigenvalue weighted by Gasteiger charge is 2.34. The van der Waals surface area contributed by atoms with E-state index >= 15 is 0 Å². The number of likely N-dealkylation sites (N-methyl/N-ethyl adjacent to an activating group) is 1. The number of sulfonamides is 1. The molecule has 5 aromatic rings. The molecule has 0 aliphatic rings. The molecule has 0 aromatic heterocycles. The summed E-state index contributed by atoms with van der Waals surface area (Å²) in [6.07, 6.45) is 0.246. The molecule has 0 unspecified atom stereocenters. The number of rotatable bonds is 13. The summed E-state index contributed by atoms with van der Waals surface area (Å²) in [5, 5.41) is 2.70. The number of nitrogens with zero attached hydrogens (tertiary/aromatic N) is 2. The third-order valence-electron chi connectivity index (χ3n) is 7.43. The summed E-state index contributed by atoms with van der Waals surface area (Å²) in [4.78, 5) is 29.2. The molecule has 234 valence electrons. The Labute approximate surface area is 269 Å². The standard InChI is InChI=1S/C37H35N3O5S/c1-38-37(42)35(26-29-14-6-2-7-15-29)39(27-30-16-8-3-9-17-30)36(41)28-40(46(43,44)34-20-12-5-13-21-34)31-22-24-33(25-23-31)45-32-18-10-4-11-19-32/h2-25,35H,26-28H2,1H3,(H,38,42)/t35-/m1/s1. The highest BCUT2D eigenvalue weighted by Crippen LogP contribution is 2.29. The van der Waals surface area contributed by atoms with Crippen molar-refractivity contribution in [1.29, 1.82) is 0 Å². The first-order chi connectivity index (χ1) is 22.3. The Morgan fingerprint density at radius 1 is 0.674 bits per heavy atom. The highest BCUT2D eigenvalue weighted by atomic mass is 32.2. The molecule has 0 bridgehead atoms. The molecule has 0 saturated heterocycles. The van der Waals surface area contributed by atoms with Crippen LogP contribution in [0.4, 0.5) is 5.69 Å². The number of hydrogen-bond donors (Lipinski definition) is 1. The lowest BCUT2D eigenvalue weighted by atomic mass is 10.0. The normalized spacial score (nSPS) is 11.7. The van der Waals surface area contributed by atoms with Gasteiger partial charge < -0.3 is 15.0 Å². The van der Waals surface area contributed by atoms with Crippen LogP contribution in [0.3, 0.4) is 0 Å². The van der Waals surface area contributed by atoms with Crippen molar-refractivity contribution in [3.63, 3.8) is 0 Å². The van der Waals surface area contributed by atoms with Crippen LogP contribution in [0.1, 0.15) is 11.1 Å². The first kappa shape index (κ1) is 32.0. The SMILES string of the molecule is CNC(=O)[C@@H](Cc1ccccc1)N(Cc1ccccc1)C(=O)CN(c1ccc(Oc2ccccc2)cc1)S(=O)(=O)c1ccccc1. The molecule has 0 aliphatic heterocycles. The number of ether oxygens (including phenoxy) is 1. The topological polar surface area (TPSA) is 96.0 Å². The maximum atomic E-state index is 14.4. The van der Waals surface area contributed by atoms with Crippen molar-refractivity contribution in [1.82, 2.24) is 10.2 Å². The predicted octanol–water partition coefficient (Wildman–Crippen LogP) is 6.06. The quantitative estimate of drug-likeness (QED) is 0.170. The number of carbonyl (C=O) groups excluding carboxylic acids is 2. The lowest BCUT2D eigenvalue weighted by molar-refractivity contribution is -0.139. The summed E-state index contributed by atoms with van der Waals surface area (Å²) in [6.45, 7) is -0.432. The molecular weight excluding hydrogens is 598 g/mol. The molecule has 46 heavy (non-hydrogen) atoms. The largest absolute Gasteiger partial charge is 0.457 e. The highest BCUT2D eigenvalue weighted by molar-refractivity contribution is 7.92. The van der Waals surface area contributed by atoms with Gasteiger partial charge >= 0.3 is 0 Å². The van der Waals surface area contributed by atoms with Crippen LogP contribution in [0.5, 0.6) is 11.5 Å². The van der Waals surface area contributed by atoms with Gasteiger partial charge in [0.05, 0.1) is 10.6 Å². The minimum absolute atomic E-state index is 0.0363. The molecule has 8 nitrogen and oxygen atoms in total. The second-order valence-corrected chi connectivity index (χ2v) is 12.4. The van der Waals surface area contributed by atoms with Gasteiger partial charge in [-0.1, -0.05) is 97.1 Å². The van der Waals surface area contributed by atoms with E-state index in [1.54, 1.807) is 42.5 Å². The summed E-state index contributed by atoms with van der Waals surface area (Å²) in [6, 6.07) is 41.6. The molecule has 5 rings (SSSR count). The van der Waals surface area contributed by atoms with Gasteiger partial charge in [-0.25, -0.2) is 8.42 Å². The maximum Gasteiger partial charge on any atom is 0.264 e. The second-order valence-electron chi connectivity index (χ2n) is 10.6. The van der Waals surface area contributed by atoms with Crippen LogP contribution in [-0.2, 0) is 32.6 Å². The molecular formula is C37H35N3O5S. The van der Waals surface area contributed by atoms with Crippen molar-refractivity contribution in [3.05, 3.63) is 157 Å². The molecule has 2 amide bonds. The van der Waals surface area contributed by atoms with E-state index in [9.17, 15) is 18.0 Å². The van der Waals surface area contributed by atoms with Crippen molar-refractivity contribution in [2.75, 3.05) is 17.9 Å². The first-order valence-corrected chi connectivity index (χ1v) is 16.3. The summed E-state index contributed by atoms with van der Waals surface area (Å²) in [7, 11) is -2.67. The first-order valence-electron chi connectivity index (χ1n) is 14.8. The van der Waals surface area contributed by atoms with E-state index in [1.165, 1.54) is 24.1 Å². The molecule has 0 fully saturated rings. The molecule has 0 heterocycles. The number of anilines is 1. The summed E-state index contributed by atoms with van der Waals surface area (Å²) < 4.78 is 35.2. The zero-order valence-electron chi connectivity index (χ0n) is 25.4. The van der Waals surface area contributed by atoms with E-state index in [2.05, 4.69) is 5.32 Å². The van der Waals surface area contributed by atoms with Crippen molar-refractivity contribution < 1.29 is 22.7 Å². The second kappa shape index (κ2) is 15.0. The van der Waals surface area contributed by atoms with Crippen molar-refractivity contribution in [3.8, 4) is 11.5 Å². The van der Waals surface area contributed by atoms with Gasteiger partial charge in [0.25, 0.3) is 10.0 Å². The summed E-state index contributed by atoms with van der Waals surface area (Å²) in [5.41, 5.74) is 1.94. The lowest BCUT2D eigenvalue weighted by Gasteiger charge is -2.33. The number of nitrogens with one attached hydrogen (secondary N) is 1. The van der Waals surface area contributed by atoms with E-state index in [1.807, 2.05) is 91.0 Å². The van der Waals surface area contributed by atoms with Crippen LogP contribution in [0.2, 0.25) is 0 Å². The third kappa shape index (κ3) is 7.99. The van der Waals surface area contributed by atoms with Crippen molar-refractivity contribution in [2.45, 2.75) is 23.9 Å². The van der Waals surface area contributed by atoms with Crippen LogP contribution in [-0.4, -0.2) is 44.8 Å². The Kier molecular flexibility index (Phi) is 10.5. The zero-order valence-corrected chi connectivity index (χ0v) is 26.2. The molecule has 0 aliphatic carbocycles. The van der Waals surface area contributed by atoms with E-state index in [4.69, 9.17) is 4.74 Å². The van der Waals surface area contributed by atoms with Gasteiger partial charge in [-0.2, -0.15) is 0 Å². The van der Waals surface area contributed by atoms with Gasteiger partial charge in [0.1, 0.15) is 24.1 Å². The van der Waals surface area contributed by atoms with Gasteiger partial charge in [0.2, 0.25) is 11.8 Å². The third-order valence-corrected chi connectivity index (χ3v) is 9.21. The fourth-order valence-corrected chi connectivity index (χ4v) is 6.49. The van der Waals surface area contributed by atoms with Crippen molar-refractivity contribution >= 4 is 27.5 Å². The Hall–Kier alpha value is -5.41. The molecule has 1 N–H and O–H groups in total. The molecule has 9 heteroatoms. The maximum absolute atomic E-state index is 14.4. The number of para-hydroxylation sites is 1. The summed E-state index contributed by atoms with van der Waals surface area (Å²) in [5.74, 6) is 0.256. The average Bonchev–Trinajstić information content (AvgIpc) is 3.10. The minimum atomic E-state index is -4.19. The van der Waals surface area contributed by atoms with Crippen LogP contribution in [0.15, 0.2) is 150 Å². The van der Waals surface area contributed by atoms with Gasteiger partial charge in [0, 0.05) is 20.0 Å². The smallest absolute Gasteiger partial charge is 0.264 e. The Balaban J connectivity index is 1.52. The fraction of sp³-hybridized carbons (Fsp3) is 0.135. The Bertz CT molecular complexity index is 1820. The molecule has 0 radical (unpaired) electrons. The van der Waals surface area contributed by atoms with E-state index in [0.29, 0.717) is 11.5 Å². The van der Waals surface area contributed by atoms with Gasteiger partial charge in [-0.3, -0.25) is 13.9 Å². The number of amides is 2. The molecule has 1 atom stereocenters. The predicted molar refractivity (Wildman–Crippen MR) is 179 cm³/mol. The fourth-order valence-electron chi connectivity index (χ4n) is 5.05. The Morgan fingerprint density at radius 2 is 1.17 bits per heavy atom. The molecule has 0 saturated carbocycles. The van der Waals surface area contributed by atoms with E-state index in [0.717, 1.165) is 15.4 Å². The molecule has 5 aromatic carbocycles. The number of hydrogen-bond acceptors (Lipinski definition) is 5. The van der Waals surface area contributed by atoms with Crippen LogP contribution < -0.4 is 14.4 Å². The van der Waals surface area contributed by atoms with Crippen molar-refractivity contribution in [2.24, 2.45) is 0 Å². The van der Waals surface area contributed by atoms with Gasteiger partial charge in [0.15, 0.2) is 0 Å². The van der Waals surface area contributed by atoms with Crippen LogP contribution in [0, 0.1) is 0 Å². The number of benzene rings is 5. The lowest BCUT2D eigenvalue weighted by Crippen LogP contribution is -2.53. The average molecular weight is 634 g/mol. The van der Waals surface area contributed by atoms with Crippen LogP contribution >= 0.6 is 0 Å². The van der Waals surface area contributed by atoms with E-state index < -0.39 is 28.5 Å². The minimum Gasteiger partial charge on any atom is -0.457 e. The Morgan fingerprint density at radius 3 is 1.74 bits per heavy atom. The van der Waals surface area contributed by atoms with Gasteiger partial charge in [-0.15, -0.1) is 0 Å². The monoisotopic (exact) mass is 633 g/mol. The zero-order chi connectivity index (χ0) is 32.4. The van der Waals surface area contributed by atoms with Crippen LogP contribution in [0.25, 0.3) is 0 Å². The molecule has 0 spiro atoms. The van der Waals surface area contributed by atoms with Gasteiger partial charge in [-0.05, 0) is 59.7 Å². The number of carbonyl (C=O) groups is 2. The van der Waals surface area contributed by atoms with E-state index in [-0.39, 0.29) is 29.5 Å². The summed E-state index contributed by atoms with van der Waals surface area (Å²) >= 11 is 0.